The number of halogens is 1. The Hall–Kier alpha value is -5.08. The third-order valence-corrected chi connectivity index (χ3v) is 6.37. The second-order valence-corrected chi connectivity index (χ2v) is 8.92. The molecule has 0 aliphatic carbocycles. The van der Waals surface area contributed by atoms with E-state index in [-0.39, 0.29) is 33.0 Å². The van der Waals surface area contributed by atoms with Crippen LogP contribution in [0.2, 0.25) is 5.02 Å². The fraction of sp³-hybridized carbons (Fsp3) is 0.0333. The van der Waals surface area contributed by atoms with Crippen LogP contribution >= 0.6 is 11.6 Å². The predicted molar refractivity (Wildman–Crippen MR) is 142 cm³/mol. The molecule has 1 heterocycles. The first-order valence-electron chi connectivity index (χ1n) is 11.8. The Kier molecular flexibility index (Phi) is 7.03. The van der Waals surface area contributed by atoms with Crippen molar-refractivity contribution in [2.45, 2.75) is 0 Å². The molecular weight excluding hydrogens is 520 g/mol. The molecule has 0 spiro atoms. The normalized spacial score (nSPS) is 12.2. The smallest absolute Gasteiger partial charge is 0.343 e. The van der Waals surface area contributed by atoms with Gasteiger partial charge < -0.3 is 4.74 Å². The summed E-state index contributed by atoms with van der Waals surface area (Å²) >= 11 is 6.23. The molecule has 3 amide bonds. The molecule has 4 aromatic rings. The zero-order valence-corrected chi connectivity index (χ0v) is 21.0. The second kappa shape index (κ2) is 10.7. The fourth-order valence-electron chi connectivity index (χ4n) is 4.08. The highest BCUT2D eigenvalue weighted by Gasteiger charge is 2.42. The van der Waals surface area contributed by atoms with E-state index in [0.717, 1.165) is 5.01 Å². The number of hydrogen-bond acceptors (Lipinski definition) is 6. The number of carbonyl (C=O) groups excluding carboxylic acids is 5. The Morgan fingerprint density at radius 2 is 1.26 bits per heavy atom. The molecule has 0 aromatic heterocycles. The molecule has 8 nitrogen and oxygen atoms in total. The van der Waals surface area contributed by atoms with Gasteiger partial charge in [0, 0.05) is 5.56 Å². The van der Waals surface area contributed by atoms with E-state index in [1.807, 2.05) is 0 Å². The van der Waals surface area contributed by atoms with E-state index >= 15 is 0 Å². The summed E-state index contributed by atoms with van der Waals surface area (Å²) in [6.45, 7) is -0.626. The van der Waals surface area contributed by atoms with Crippen LogP contribution in [0.5, 0.6) is 5.75 Å². The predicted octanol–water partition coefficient (Wildman–Crippen LogP) is 5.10. The Balaban J connectivity index is 1.40. The number of ether oxygens (including phenoxy) is 1. The van der Waals surface area contributed by atoms with E-state index in [1.165, 1.54) is 48.5 Å². The number of ketones is 1. The van der Waals surface area contributed by atoms with Crippen LogP contribution < -0.4 is 4.74 Å². The Labute approximate surface area is 228 Å². The van der Waals surface area contributed by atoms with E-state index in [1.54, 1.807) is 54.6 Å². The molecular formula is C30H19ClN2O6. The molecule has 1 aliphatic heterocycles. The first-order chi connectivity index (χ1) is 18.8. The van der Waals surface area contributed by atoms with Crippen molar-refractivity contribution >= 4 is 41.1 Å². The number of benzene rings is 4. The van der Waals surface area contributed by atoms with Crippen LogP contribution in [0.15, 0.2) is 103 Å². The van der Waals surface area contributed by atoms with Crippen LogP contribution in [-0.4, -0.2) is 46.0 Å². The van der Waals surface area contributed by atoms with Crippen molar-refractivity contribution in [3.05, 3.63) is 136 Å². The summed E-state index contributed by atoms with van der Waals surface area (Å²) < 4.78 is 5.34. The number of amides is 3. The monoisotopic (exact) mass is 538 g/mol. The van der Waals surface area contributed by atoms with Gasteiger partial charge in [0.05, 0.1) is 27.3 Å². The van der Waals surface area contributed by atoms with Crippen LogP contribution in [0.1, 0.15) is 51.8 Å². The fourth-order valence-corrected chi connectivity index (χ4v) is 4.30. The molecule has 0 N–H and O–H groups in total. The summed E-state index contributed by atoms with van der Waals surface area (Å²) in [6.07, 6.45) is 0. The molecule has 9 heteroatoms. The lowest BCUT2D eigenvalue weighted by Crippen LogP contribution is -2.51. The zero-order chi connectivity index (χ0) is 27.5. The summed E-state index contributed by atoms with van der Waals surface area (Å²) in [5.74, 6) is -3.16. The summed E-state index contributed by atoms with van der Waals surface area (Å²) in [6, 6.07) is 26.5. The maximum atomic E-state index is 13.6. The lowest BCUT2D eigenvalue weighted by Gasteiger charge is -2.29. The minimum Gasteiger partial charge on any atom is -0.423 e. The van der Waals surface area contributed by atoms with Gasteiger partial charge in [-0.1, -0.05) is 54.1 Å². The number of rotatable bonds is 7. The van der Waals surface area contributed by atoms with E-state index in [9.17, 15) is 24.0 Å². The van der Waals surface area contributed by atoms with E-state index in [0.29, 0.717) is 10.6 Å². The van der Waals surface area contributed by atoms with Crippen LogP contribution in [0, 0.1) is 0 Å². The van der Waals surface area contributed by atoms with Gasteiger partial charge in [0.15, 0.2) is 5.78 Å². The zero-order valence-electron chi connectivity index (χ0n) is 20.2. The first-order valence-corrected chi connectivity index (χ1v) is 12.2. The first kappa shape index (κ1) is 25.6. The third-order valence-electron chi connectivity index (χ3n) is 6.04. The number of imide groups is 1. The Morgan fingerprint density at radius 1 is 0.692 bits per heavy atom. The van der Waals surface area contributed by atoms with Gasteiger partial charge in [-0.15, -0.1) is 0 Å². The van der Waals surface area contributed by atoms with Crippen molar-refractivity contribution in [1.82, 2.24) is 10.0 Å². The highest BCUT2D eigenvalue weighted by molar-refractivity contribution is 6.34. The molecule has 192 valence electrons. The standard InChI is InChI=1S/C30H19ClN2O6/c31-25-13-7-6-12-24(25)27(35)32(33-28(36)22-10-4-5-11-23(22)29(33)37)18-26(34)19-14-16-21(17-15-19)39-30(38)20-8-2-1-3-9-20/h1-17H,18H2. The molecule has 4 aromatic carbocycles. The molecule has 0 bridgehead atoms. The number of Topliss-reactive ketones (excluding diaryl/α,β-unsaturated/α-hetero) is 1. The van der Waals surface area contributed by atoms with E-state index in [2.05, 4.69) is 0 Å². The summed E-state index contributed by atoms with van der Waals surface area (Å²) in [5, 5.41) is 1.57. The van der Waals surface area contributed by atoms with Gasteiger partial charge in [-0.3, -0.25) is 19.2 Å². The Morgan fingerprint density at radius 3 is 1.87 bits per heavy atom. The topological polar surface area (TPSA) is 101 Å². The van der Waals surface area contributed by atoms with Crippen molar-refractivity contribution in [3.63, 3.8) is 0 Å². The van der Waals surface area contributed by atoms with Crippen LogP contribution in [0.4, 0.5) is 0 Å². The maximum Gasteiger partial charge on any atom is 0.343 e. The van der Waals surface area contributed by atoms with Gasteiger partial charge in [0.2, 0.25) is 0 Å². The summed E-state index contributed by atoms with van der Waals surface area (Å²) in [7, 11) is 0. The number of hydrazine groups is 1. The number of esters is 1. The lowest BCUT2D eigenvalue weighted by molar-refractivity contribution is 0.00531. The molecule has 5 rings (SSSR count). The van der Waals surface area contributed by atoms with Crippen molar-refractivity contribution in [1.29, 1.82) is 0 Å². The lowest BCUT2D eigenvalue weighted by atomic mass is 10.1. The molecule has 0 radical (unpaired) electrons. The van der Waals surface area contributed by atoms with Gasteiger partial charge in [0.25, 0.3) is 17.7 Å². The van der Waals surface area contributed by atoms with Crippen molar-refractivity contribution < 1.29 is 28.7 Å². The summed E-state index contributed by atoms with van der Waals surface area (Å²) in [4.78, 5) is 65.5. The van der Waals surface area contributed by atoms with Crippen molar-refractivity contribution in [2.24, 2.45) is 0 Å². The van der Waals surface area contributed by atoms with Gasteiger partial charge in [0.1, 0.15) is 12.3 Å². The number of carbonyl (C=O) groups is 5. The van der Waals surface area contributed by atoms with E-state index in [4.69, 9.17) is 16.3 Å². The van der Waals surface area contributed by atoms with E-state index < -0.39 is 36.0 Å². The van der Waals surface area contributed by atoms with Gasteiger partial charge in [-0.05, 0) is 60.7 Å². The molecule has 1 aliphatic rings. The Bertz CT molecular complexity index is 1580. The van der Waals surface area contributed by atoms with Crippen LogP contribution in [-0.2, 0) is 0 Å². The van der Waals surface area contributed by atoms with Crippen LogP contribution in [0.3, 0.4) is 0 Å². The highest BCUT2D eigenvalue weighted by Crippen LogP contribution is 2.27. The molecule has 0 fully saturated rings. The van der Waals surface area contributed by atoms with Gasteiger partial charge >= 0.3 is 5.97 Å². The second-order valence-electron chi connectivity index (χ2n) is 8.51. The maximum absolute atomic E-state index is 13.6. The number of hydrogen-bond donors (Lipinski definition) is 0. The molecule has 0 atom stereocenters. The largest absolute Gasteiger partial charge is 0.423 e. The average Bonchev–Trinajstić information content (AvgIpc) is 3.21. The van der Waals surface area contributed by atoms with Crippen molar-refractivity contribution in [2.75, 3.05) is 6.54 Å². The van der Waals surface area contributed by atoms with Gasteiger partial charge in [-0.25, -0.2) is 9.80 Å². The van der Waals surface area contributed by atoms with Crippen LogP contribution in [0.25, 0.3) is 0 Å². The van der Waals surface area contributed by atoms with Crippen molar-refractivity contribution in [3.8, 4) is 5.75 Å². The number of nitrogens with zero attached hydrogens (tertiary/aromatic N) is 2. The average molecular weight is 539 g/mol. The summed E-state index contributed by atoms with van der Waals surface area (Å²) in [5.41, 5.74) is 0.801. The number of fused-ring (bicyclic) bond motifs is 1. The third kappa shape index (κ3) is 5.05. The quantitative estimate of drug-likeness (QED) is 0.140. The minimum atomic E-state index is -0.795. The SMILES string of the molecule is O=C(CN(C(=O)c1ccccc1Cl)N1C(=O)c2ccccc2C1=O)c1ccc(OC(=O)c2ccccc2)cc1. The molecule has 0 saturated carbocycles. The minimum absolute atomic E-state index is 0.0201. The molecule has 0 saturated heterocycles. The van der Waals surface area contributed by atoms with Gasteiger partial charge in [-0.2, -0.15) is 5.01 Å². The highest BCUT2D eigenvalue weighted by atomic mass is 35.5. The molecule has 0 unspecified atom stereocenters. The molecule has 39 heavy (non-hydrogen) atoms.